The van der Waals surface area contributed by atoms with E-state index in [2.05, 4.69) is 14.8 Å². The van der Waals surface area contributed by atoms with Crippen molar-refractivity contribution in [2.24, 2.45) is 0 Å². The predicted octanol–water partition coefficient (Wildman–Crippen LogP) is 0.731. The van der Waals surface area contributed by atoms with Crippen LogP contribution in [-0.4, -0.2) is 10.2 Å². The molecule has 9 heavy (non-hydrogen) atoms. The van der Waals surface area contributed by atoms with E-state index in [1.54, 1.807) is 0 Å². The lowest BCUT2D eigenvalue weighted by Crippen LogP contribution is -1.86. The van der Waals surface area contributed by atoms with Crippen molar-refractivity contribution in [3.8, 4) is 0 Å². The van der Waals surface area contributed by atoms with Gasteiger partial charge in [-0.05, 0) is 10.1 Å². The maximum Gasteiger partial charge on any atom is 0.446 e. The van der Waals surface area contributed by atoms with Crippen molar-refractivity contribution in [3.05, 3.63) is 0 Å². The highest BCUT2D eigenvalue weighted by atomic mass is 32.1. The summed E-state index contributed by atoms with van der Waals surface area (Å²) in [5, 5.41) is 13.2. The molecule has 0 fully saturated rings. The Balaban J connectivity index is 3.59. The van der Waals surface area contributed by atoms with Gasteiger partial charge in [0.25, 0.3) is 8.15 Å². The second kappa shape index (κ2) is 4.03. The van der Waals surface area contributed by atoms with Crippen LogP contribution >= 0.6 is 15.4 Å². The van der Waals surface area contributed by atoms with Gasteiger partial charge in [-0.1, -0.05) is 0 Å². The molecule has 0 radical (unpaired) electrons. The molecule has 0 aliphatic carbocycles. The summed E-state index contributed by atoms with van der Waals surface area (Å²) in [5.41, 5.74) is 0. The normalized spacial score (nSPS) is 17.6. The van der Waals surface area contributed by atoms with E-state index >= 15 is 0 Å². The minimum Gasteiger partial charge on any atom is -0.314 e. The van der Waals surface area contributed by atoms with Crippen LogP contribution in [-0.2, 0) is 23.9 Å². The van der Waals surface area contributed by atoms with Crippen LogP contribution in [0.15, 0.2) is 0 Å². The summed E-state index contributed by atoms with van der Waals surface area (Å²) in [6.07, 6.45) is 0. The fourth-order valence-corrected chi connectivity index (χ4v) is 0.364. The first-order valence-electron chi connectivity index (χ1n) is 1.46. The smallest absolute Gasteiger partial charge is 0.314 e. The lowest BCUT2D eigenvalue weighted by Gasteiger charge is -1.96. The summed E-state index contributed by atoms with van der Waals surface area (Å²) in [7, 11) is -5.43. The number of rotatable bonds is 4. The van der Waals surface area contributed by atoms with E-state index in [1.807, 2.05) is 0 Å². The van der Waals surface area contributed by atoms with Crippen molar-refractivity contribution in [2.75, 3.05) is 0 Å². The van der Waals surface area contributed by atoms with Crippen LogP contribution in [0, 0.1) is 0 Å². The minimum atomic E-state index is -4.28. The molecule has 0 aliphatic rings. The molecule has 0 aromatic carbocycles. The van der Waals surface area contributed by atoms with Gasteiger partial charge in [0.2, 0.25) is 0 Å². The first-order valence-corrected chi connectivity index (χ1v) is 4.56. The molecule has 0 aromatic heterocycles. The molecule has 0 spiro atoms. The van der Waals surface area contributed by atoms with Crippen LogP contribution in [0.3, 0.4) is 0 Å². The van der Waals surface area contributed by atoms with Gasteiger partial charge in [-0.25, -0.2) is 9.82 Å². The summed E-state index contributed by atoms with van der Waals surface area (Å²) < 4.78 is 23.0. The molecule has 2 N–H and O–H groups in total. The molecule has 7 nitrogen and oxygen atoms in total. The summed E-state index contributed by atoms with van der Waals surface area (Å²) in [6, 6.07) is 0. The van der Waals surface area contributed by atoms with E-state index in [0.717, 1.165) is 0 Å². The average molecular weight is 176 g/mol. The van der Waals surface area contributed by atoms with Gasteiger partial charge in [0.15, 0.2) is 0 Å². The number of hydrogen-bond acceptors (Lipinski definition) is 6. The van der Waals surface area contributed by atoms with Crippen molar-refractivity contribution in [3.63, 3.8) is 0 Å². The van der Waals surface area contributed by atoms with E-state index in [9.17, 15) is 9.13 Å². The Kier molecular flexibility index (Phi) is 4.09. The van der Waals surface area contributed by atoms with Gasteiger partial charge < -0.3 is 4.89 Å². The lowest BCUT2D eigenvalue weighted by atomic mass is 14.4. The standard InChI is InChI=1S/H2O7P2/c1-5-6-7-9(3,4)8-2/h1H,(H,3,4). The van der Waals surface area contributed by atoms with Crippen LogP contribution in [0.4, 0.5) is 0 Å². The maximum atomic E-state index is 10.0. The summed E-state index contributed by atoms with van der Waals surface area (Å²) in [4.78, 5) is 8.15. The molecule has 0 rings (SSSR count). The van der Waals surface area contributed by atoms with E-state index in [0.29, 0.717) is 0 Å². The van der Waals surface area contributed by atoms with Gasteiger partial charge >= 0.3 is 7.28 Å². The number of hydrogen-bond donors (Lipinski definition) is 2. The second-order valence-electron chi connectivity index (χ2n) is 0.789. The quantitative estimate of drug-likeness (QED) is 0.369. The highest BCUT2D eigenvalue weighted by Crippen LogP contribution is 2.54. The first kappa shape index (κ1) is 9.13. The summed E-state index contributed by atoms with van der Waals surface area (Å²) in [6.45, 7) is 0. The fourth-order valence-electron chi connectivity index (χ4n) is 0.0669. The molecule has 54 valence electrons. The molecule has 0 amide bonds. The second-order valence-corrected chi connectivity index (χ2v) is 4.09. The topological polar surface area (TPSA) is 102 Å². The molecule has 1 atom stereocenters. The Morgan fingerprint density at radius 1 is 1.56 bits per heavy atom. The van der Waals surface area contributed by atoms with Gasteiger partial charge in [0.1, 0.15) is 0 Å². The largest absolute Gasteiger partial charge is 0.446 e. The van der Waals surface area contributed by atoms with Crippen LogP contribution < -0.4 is 0 Å². The zero-order valence-corrected chi connectivity index (χ0v) is 5.62. The van der Waals surface area contributed by atoms with Crippen molar-refractivity contribution in [2.45, 2.75) is 0 Å². The average Bonchev–Trinajstić information content (AvgIpc) is 1.84. The molecule has 0 bridgehead atoms. The Morgan fingerprint density at radius 2 is 2.11 bits per heavy atom. The highest BCUT2D eigenvalue weighted by Gasteiger charge is 2.21. The molecule has 9 heteroatoms. The highest BCUT2D eigenvalue weighted by molar-refractivity contribution is 8.14. The van der Waals surface area contributed by atoms with Crippen LogP contribution in [0.1, 0.15) is 0 Å². The summed E-state index contributed by atoms with van der Waals surface area (Å²) >= 11 is 0. The molecular formula is H2O7P2. The van der Waals surface area contributed by atoms with Crippen molar-refractivity contribution in [1.29, 1.82) is 0 Å². The Hall–Kier alpha value is 0.130. The SMILES string of the molecule is O=PP(=O)(O)OOOO. The van der Waals surface area contributed by atoms with Gasteiger partial charge in [-0.15, -0.1) is 4.67 Å². The van der Waals surface area contributed by atoms with Gasteiger partial charge in [-0.2, -0.15) is 0 Å². The van der Waals surface area contributed by atoms with E-state index in [1.165, 1.54) is 0 Å². The zero-order chi connectivity index (χ0) is 7.33. The third-order valence-electron chi connectivity index (χ3n) is 0.261. The van der Waals surface area contributed by atoms with Gasteiger partial charge in [0, 0.05) is 0 Å². The van der Waals surface area contributed by atoms with Gasteiger partial charge in [-0.3, -0.25) is 4.57 Å². The molecular weight excluding hydrogens is 174 g/mol. The third-order valence-corrected chi connectivity index (χ3v) is 1.54. The van der Waals surface area contributed by atoms with Crippen molar-refractivity contribution < 1.29 is 34.0 Å². The van der Waals surface area contributed by atoms with E-state index in [4.69, 9.17) is 10.2 Å². The van der Waals surface area contributed by atoms with Gasteiger partial charge in [0.05, 0.1) is 0 Å². The first-order chi connectivity index (χ1) is 4.12. The molecule has 0 aliphatic heterocycles. The van der Waals surface area contributed by atoms with E-state index in [-0.39, 0.29) is 0 Å². The molecule has 0 aromatic rings. The molecule has 0 heterocycles. The van der Waals surface area contributed by atoms with Crippen LogP contribution in [0.25, 0.3) is 0 Å². The third kappa shape index (κ3) is 4.62. The Morgan fingerprint density at radius 3 is 2.44 bits per heavy atom. The zero-order valence-electron chi connectivity index (χ0n) is 3.83. The van der Waals surface area contributed by atoms with Crippen molar-refractivity contribution in [1.82, 2.24) is 0 Å². The van der Waals surface area contributed by atoms with Crippen LogP contribution in [0.5, 0.6) is 0 Å². The molecule has 1 unspecified atom stereocenters. The maximum absolute atomic E-state index is 10.0. The minimum absolute atomic E-state index is 1.15. The Labute approximate surface area is 50.6 Å². The lowest BCUT2D eigenvalue weighted by molar-refractivity contribution is -0.595. The Bertz CT molecular complexity index is 127. The fraction of sp³-hybridized carbons (Fsp3) is 0. The summed E-state index contributed by atoms with van der Waals surface area (Å²) in [5.74, 6) is 0. The van der Waals surface area contributed by atoms with Crippen LogP contribution in [0.2, 0.25) is 0 Å². The molecule has 0 saturated carbocycles. The molecule has 0 saturated heterocycles. The van der Waals surface area contributed by atoms with Crippen molar-refractivity contribution >= 4 is 15.4 Å². The van der Waals surface area contributed by atoms with E-state index < -0.39 is 15.4 Å². The monoisotopic (exact) mass is 176 g/mol. The predicted molar refractivity (Wildman–Crippen MR) is 23.3 cm³/mol.